The molecule has 0 radical (unpaired) electrons. The van der Waals surface area contributed by atoms with Crippen LogP contribution < -0.4 is 0 Å². The Morgan fingerprint density at radius 3 is 1.35 bits per heavy atom. The zero-order valence-corrected chi connectivity index (χ0v) is 27.4. The first-order chi connectivity index (χ1) is 23.3. The molecule has 3 aromatic carbocycles. The van der Waals surface area contributed by atoms with E-state index in [-0.39, 0.29) is 33.0 Å². The van der Waals surface area contributed by atoms with Crippen molar-refractivity contribution < 1.29 is 48.3 Å². The zero-order chi connectivity index (χ0) is 34.5. The molecular formula is C36H46N2O10. The fourth-order valence-corrected chi connectivity index (χ4v) is 4.60. The predicted molar refractivity (Wildman–Crippen MR) is 177 cm³/mol. The van der Waals surface area contributed by atoms with Crippen molar-refractivity contribution in [1.82, 2.24) is 9.80 Å². The van der Waals surface area contributed by atoms with E-state index in [0.717, 1.165) is 16.7 Å². The molecule has 0 aromatic heterocycles. The summed E-state index contributed by atoms with van der Waals surface area (Å²) in [7, 11) is 0. The van der Waals surface area contributed by atoms with Gasteiger partial charge in [0.15, 0.2) is 0 Å². The van der Waals surface area contributed by atoms with E-state index in [0.29, 0.717) is 39.3 Å². The van der Waals surface area contributed by atoms with Crippen LogP contribution in [0.2, 0.25) is 0 Å². The number of aliphatic hydroxyl groups is 2. The van der Waals surface area contributed by atoms with Crippen LogP contribution in [0.15, 0.2) is 91.0 Å². The Bertz CT molecular complexity index is 1270. The molecule has 0 unspecified atom stereocenters. The molecule has 0 spiro atoms. The maximum absolute atomic E-state index is 13.2. The SMILES string of the molecule is CC(COC(=O)OCCN(CCO)Cc1ccccc1)(COC(=O)OCCN(CCO)Cc1ccccc1)C(=O)OCc1ccccc1. The number of nitrogens with zero attached hydrogens (tertiary/aromatic N) is 2. The fourth-order valence-electron chi connectivity index (χ4n) is 4.60. The summed E-state index contributed by atoms with van der Waals surface area (Å²) in [6.45, 7) is 2.89. The van der Waals surface area contributed by atoms with Gasteiger partial charge in [0.2, 0.25) is 0 Å². The molecule has 2 N–H and O–H groups in total. The van der Waals surface area contributed by atoms with Gasteiger partial charge in [0.05, 0.1) is 13.2 Å². The van der Waals surface area contributed by atoms with Crippen LogP contribution >= 0.6 is 0 Å². The normalized spacial score (nSPS) is 11.3. The predicted octanol–water partition coefficient (Wildman–Crippen LogP) is 4.03. The summed E-state index contributed by atoms with van der Waals surface area (Å²) >= 11 is 0. The fraction of sp³-hybridized carbons (Fsp3) is 0.417. The molecule has 0 saturated carbocycles. The van der Waals surface area contributed by atoms with Gasteiger partial charge in [0, 0.05) is 39.3 Å². The number of rotatable bonds is 21. The van der Waals surface area contributed by atoms with Crippen LogP contribution in [0, 0.1) is 5.41 Å². The quantitative estimate of drug-likeness (QED) is 0.125. The maximum Gasteiger partial charge on any atom is 0.508 e. The van der Waals surface area contributed by atoms with Crippen LogP contribution in [0.3, 0.4) is 0 Å². The third-order valence-electron chi connectivity index (χ3n) is 7.31. The van der Waals surface area contributed by atoms with Crippen LogP contribution in [0.25, 0.3) is 0 Å². The third kappa shape index (κ3) is 14.5. The minimum Gasteiger partial charge on any atom is -0.460 e. The Kier molecular flexibility index (Phi) is 16.9. The first kappa shape index (κ1) is 38.0. The molecule has 0 aliphatic heterocycles. The molecule has 48 heavy (non-hydrogen) atoms. The van der Waals surface area contributed by atoms with Gasteiger partial charge in [0.1, 0.15) is 38.4 Å². The van der Waals surface area contributed by atoms with Crippen molar-refractivity contribution in [1.29, 1.82) is 0 Å². The van der Waals surface area contributed by atoms with Gasteiger partial charge < -0.3 is 33.9 Å². The van der Waals surface area contributed by atoms with Gasteiger partial charge in [-0.1, -0.05) is 91.0 Å². The van der Waals surface area contributed by atoms with E-state index in [9.17, 15) is 24.6 Å². The lowest BCUT2D eigenvalue weighted by Crippen LogP contribution is -2.41. The summed E-state index contributed by atoms with van der Waals surface area (Å²) in [5, 5.41) is 18.9. The zero-order valence-electron chi connectivity index (χ0n) is 27.4. The number of hydrogen-bond acceptors (Lipinski definition) is 12. The Balaban J connectivity index is 1.51. The van der Waals surface area contributed by atoms with Gasteiger partial charge >= 0.3 is 18.3 Å². The maximum atomic E-state index is 13.2. The Hall–Kier alpha value is -4.49. The van der Waals surface area contributed by atoms with Gasteiger partial charge in [-0.25, -0.2) is 9.59 Å². The topological polar surface area (TPSA) is 144 Å². The molecule has 0 saturated heterocycles. The van der Waals surface area contributed by atoms with Gasteiger partial charge in [-0.2, -0.15) is 0 Å². The van der Waals surface area contributed by atoms with Gasteiger partial charge in [0.25, 0.3) is 0 Å². The number of benzene rings is 3. The molecule has 0 bridgehead atoms. The minimum absolute atomic E-state index is 0.0127. The first-order valence-electron chi connectivity index (χ1n) is 15.9. The molecule has 0 aliphatic carbocycles. The van der Waals surface area contributed by atoms with Gasteiger partial charge in [-0.15, -0.1) is 0 Å². The molecule has 12 heteroatoms. The van der Waals surface area contributed by atoms with Crippen molar-refractivity contribution in [3.63, 3.8) is 0 Å². The van der Waals surface area contributed by atoms with Crippen molar-refractivity contribution in [2.45, 2.75) is 26.6 Å². The van der Waals surface area contributed by atoms with Crippen molar-refractivity contribution >= 4 is 18.3 Å². The summed E-state index contributed by atoms with van der Waals surface area (Å²) in [6, 6.07) is 28.4. The average Bonchev–Trinajstić information content (AvgIpc) is 3.10. The molecule has 0 heterocycles. The number of aliphatic hydroxyl groups excluding tert-OH is 2. The smallest absolute Gasteiger partial charge is 0.460 e. The average molecular weight is 667 g/mol. The second-order valence-corrected chi connectivity index (χ2v) is 11.4. The van der Waals surface area contributed by atoms with Gasteiger partial charge in [-0.05, 0) is 23.6 Å². The second kappa shape index (κ2) is 21.4. The highest BCUT2D eigenvalue weighted by Crippen LogP contribution is 2.22. The van der Waals surface area contributed by atoms with E-state index >= 15 is 0 Å². The molecular weight excluding hydrogens is 620 g/mol. The lowest BCUT2D eigenvalue weighted by Gasteiger charge is -2.26. The lowest BCUT2D eigenvalue weighted by atomic mass is 9.93. The molecule has 260 valence electrons. The lowest BCUT2D eigenvalue weighted by molar-refractivity contribution is -0.162. The molecule has 0 aliphatic rings. The van der Waals surface area contributed by atoms with E-state index in [1.807, 2.05) is 88.7 Å². The summed E-state index contributed by atoms with van der Waals surface area (Å²) in [5.74, 6) is -0.749. The van der Waals surface area contributed by atoms with Crippen LogP contribution in [0.1, 0.15) is 23.6 Å². The highest BCUT2D eigenvalue weighted by atomic mass is 16.7. The number of esters is 1. The van der Waals surface area contributed by atoms with E-state index in [1.165, 1.54) is 6.92 Å². The first-order valence-corrected chi connectivity index (χ1v) is 15.9. The van der Waals surface area contributed by atoms with Gasteiger partial charge in [-0.3, -0.25) is 14.6 Å². The standard InChI is InChI=1S/C36H46N2O10/c1-36(33(41)46-27-32-15-9-4-10-16-32,28-47-34(42)44-23-19-37(17-21-39)25-30-11-5-2-6-12-30)29-48-35(43)45-24-20-38(18-22-40)26-31-13-7-3-8-14-31/h2-16,39-40H,17-29H2,1H3. The largest absolute Gasteiger partial charge is 0.508 e. The van der Waals surface area contributed by atoms with Crippen molar-refractivity contribution in [3.05, 3.63) is 108 Å². The van der Waals surface area contributed by atoms with E-state index in [4.69, 9.17) is 23.7 Å². The highest BCUT2D eigenvalue weighted by Gasteiger charge is 2.39. The van der Waals surface area contributed by atoms with Crippen LogP contribution in [0.4, 0.5) is 9.59 Å². The van der Waals surface area contributed by atoms with Crippen molar-refractivity contribution in [2.24, 2.45) is 5.41 Å². The Labute approximate surface area is 281 Å². The van der Waals surface area contributed by atoms with Crippen LogP contribution in [0.5, 0.6) is 0 Å². The molecule has 0 fully saturated rings. The molecule has 3 aromatic rings. The second-order valence-electron chi connectivity index (χ2n) is 11.4. The van der Waals surface area contributed by atoms with E-state index < -0.39 is 36.9 Å². The van der Waals surface area contributed by atoms with Crippen molar-refractivity contribution in [3.8, 4) is 0 Å². The molecule has 0 atom stereocenters. The van der Waals surface area contributed by atoms with E-state index in [2.05, 4.69) is 0 Å². The number of hydrogen-bond donors (Lipinski definition) is 2. The number of carbonyl (C=O) groups excluding carboxylic acids is 3. The summed E-state index contributed by atoms with van der Waals surface area (Å²) < 4.78 is 26.5. The van der Waals surface area contributed by atoms with E-state index in [1.54, 1.807) is 12.1 Å². The molecule has 0 amide bonds. The van der Waals surface area contributed by atoms with Crippen LogP contribution in [-0.4, -0.2) is 104 Å². The molecule has 3 rings (SSSR count). The summed E-state index contributed by atoms with van der Waals surface area (Å²) in [5.41, 5.74) is 1.27. The Morgan fingerprint density at radius 2 is 0.958 bits per heavy atom. The monoisotopic (exact) mass is 666 g/mol. The summed E-state index contributed by atoms with van der Waals surface area (Å²) in [4.78, 5) is 42.1. The molecule has 12 nitrogen and oxygen atoms in total. The Morgan fingerprint density at radius 1 is 0.562 bits per heavy atom. The third-order valence-corrected chi connectivity index (χ3v) is 7.31. The van der Waals surface area contributed by atoms with Crippen LogP contribution in [-0.2, 0) is 48.2 Å². The summed E-state index contributed by atoms with van der Waals surface area (Å²) in [6.07, 6.45) is -2.02. The number of ether oxygens (including phenoxy) is 5. The minimum atomic E-state index is -1.57. The highest BCUT2D eigenvalue weighted by molar-refractivity contribution is 5.77. The van der Waals surface area contributed by atoms with Crippen molar-refractivity contribution in [2.75, 3.05) is 65.8 Å². The number of carbonyl (C=O) groups is 3.